The Morgan fingerprint density at radius 3 is 2.58 bits per heavy atom. The van der Waals surface area contributed by atoms with E-state index in [0.717, 1.165) is 55.5 Å². The largest absolute Gasteiger partial charge is 0.354 e. The summed E-state index contributed by atoms with van der Waals surface area (Å²) in [4.78, 5) is 18.5. The number of halogens is 1. The average molecular weight is 573 g/mol. The Kier molecular flexibility index (Phi) is 8.35. The van der Waals surface area contributed by atoms with Crippen LogP contribution in [0.25, 0.3) is 22.2 Å². The number of amides is 1. The first-order valence-corrected chi connectivity index (χ1v) is 14.7. The third-order valence-corrected chi connectivity index (χ3v) is 8.62. The lowest BCUT2D eigenvalue weighted by Gasteiger charge is -2.32. The van der Waals surface area contributed by atoms with Gasteiger partial charge in [0, 0.05) is 32.5 Å². The Balaban J connectivity index is 1.22. The number of benzene rings is 3. The van der Waals surface area contributed by atoms with E-state index in [1.807, 2.05) is 19.9 Å². The number of para-hydroxylation sites is 1. The normalized spacial score (nSPS) is 14.9. The van der Waals surface area contributed by atoms with Gasteiger partial charge in [-0.25, -0.2) is 0 Å². The van der Waals surface area contributed by atoms with Gasteiger partial charge in [-0.15, -0.1) is 0 Å². The standard InChI is InChI=1S/C33H38BrN3O/c1-22(2)33(38)35-26-11-7-10-25(21-26)24-16-19-37(20-17-24)18-8-14-28-27-13-6-9-23(3)31(27)36-32(28)29-12-4-5-15-30(29)34/h4-7,9-13,15,21-22,24,36H,8,14,16-20H2,1-3H3,(H,35,38). The number of hydrogen-bond acceptors (Lipinski definition) is 2. The molecule has 5 heteroatoms. The van der Waals surface area contributed by atoms with Crippen molar-refractivity contribution in [2.75, 3.05) is 25.0 Å². The molecule has 2 heterocycles. The number of piperidine rings is 1. The summed E-state index contributed by atoms with van der Waals surface area (Å²) in [6.45, 7) is 9.40. The maximum Gasteiger partial charge on any atom is 0.226 e. The zero-order chi connectivity index (χ0) is 26.6. The molecule has 0 atom stereocenters. The minimum Gasteiger partial charge on any atom is -0.354 e. The zero-order valence-corrected chi connectivity index (χ0v) is 24.3. The molecule has 0 bridgehead atoms. The van der Waals surface area contributed by atoms with Gasteiger partial charge in [-0.2, -0.15) is 0 Å². The van der Waals surface area contributed by atoms with Crippen molar-refractivity contribution in [1.82, 2.24) is 9.88 Å². The predicted octanol–water partition coefficient (Wildman–Crippen LogP) is 8.31. The van der Waals surface area contributed by atoms with Gasteiger partial charge in [0.05, 0.1) is 5.69 Å². The van der Waals surface area contributed by atoms with Crippen LogP contribution < -0.4 is 5.32 Å². The van der Waals surface area contributed by atoms with Crippen LogP contribution in [0.1, 0.15) is 55.7 Å². The van der Waals surface area contributed by atoms with Gasteiger partial charge in [-0.05, 0) is 93.0 Å². The molecule has 1 saturated heterocycles. The highest BCUT2D eigenvalue weighted by Crippen LogP contribution is 2.36. The molecule has 3 aromatic carbocycles. The molecular formula is C33H38BrN3O. The molecule has 38 heavy (non-hydrogen) atoms. The topological polar surface area (TPSA) is 48.1 Å². The molecule has 198 valence electrons. The molecule has 0 aliphatic carbocycles. The number of hydrogen-bond donors (Lipinski definition) is 2. The molecule has 0 spiro atoms. The van der Waals surface area contributed by atoms with Gasteiger partial charge >= 0.3 is 0 Å². The number of aromatic nitrogens is 1. The number of anilines is 1. The van der Waals surface area contributed by atoms with E-state index >= 15 is 0 Å². The van der Waals surface area contributed by atoms with Crippen LogP contribution in [-0.2, 0) is 11.2 Å². The predicted molar refractivity (Wildman–Crippen MR) is 163 cm³/mol. The second-order valence-electron chi connectivity index (χ2n) is 10.9. The summed E-state index contributed by atoms with van der Waals surface area (Å²) in [5.41, 5.74) is 8.69. The van der Waals surface area contributed by atoms with Crippen molar-refractivity contribution in [2.24, 2.45) is 5.92 Å². The van der Waals surface area contributed by atoms with E-state index in [9.17, 15) is 4.79 Å². The van der Waals surface area contributed by atoms with Crippen molar-refractivity contribution in [3.8, 4) is 11.3 Å². The first-order chi connectivity index (χ1) is 18.4. The van der Waals surface area contributed by atoms with E-state index in [4.69, 9.17) is 0 Å². The number of nitrogens with zero attached hydrogens (tertiary/aromatic N) is 1. The Morgan fingerprint density at radius 1 is 1.05 bits per heavy atom. The lowest BCUT2D eigenvalue weighted by Crippen LogP contribution is -2.33. The Hall–Kier alpha value is -2.89. The third-order valence-electron chi connectivity index (χ3n) is 7.93. The lowest BCUT2D eigenvalue weighted by atomic mass is 9.89. The van der Waals surface area contributed by atoms with Crippen LogP contribution in [0.4, 0.5) is 5.69 Å². The van der Waals surface area contributed by atoms with Crippen molar-refractivity contribution in [2.45, 2.75) is 52.4 Å². The minimum atomic E-state index is -0.0135. The van der Waals surface area contributed by atoms with Crippen LogP contribution >= 0.6 is 15.9 Å². The highest BCUT2D eigenvalue weighted by Gasteiger charge is 2.22. The van der Waals surface area contributed by atoms with Crippen LogP contribution in [0.5, 0.6) is 0 Å². The SMILES string of the molecule is Cc1cccc2c(CCCN3CCC(c4cccc(NC(=O)C(C)C)c4)CC3)c(-c3ccccc3Br)[nH]c12. The maximum absolute atomic E-state index is 12.1. The fourth-order valence-corrected chi connectivity index (χ4v) is 6.18. The quantitative estimate of drug-likeness (QED) is 0.223. The van der Waals surface area contributed by atoms with Crippen molar-refractivity contribution >= 4 is 38.4 Å². The molecule has 1 fully saturated rings. The molecule has 1 aliphatic rings. The highest BCUT2D eigenvalue weighted by atomic mass is 79.9. The van der Waals surface area contributed by atoms with E-state index in [2.05, 4.69) is 98.7 Å². The number of nitrogens with one attached hydrogen (secondary N) is 2. The summed E-state index contributed by atoms with van der Waals surface area (Å²) in [6, 6.07) is 23.6. The van der Waals surface area contributed by atoms with Gasteiger partial charge in [0.1, 0.15) is 0 Å². The minimum absolute atomic E-state index is 0.0135. The molecule has 1 aliphatic heterocycles. The molecule has 5 rings (SSSR count). The molecule has 0 unspecified atom stereocenters. The fraction of sp³-hybridized carbons (Fsp3) is 0.364. The molecule has 0 radical (unpaired) electrons. The lowest BCUT2D eigenvalue weighted by molar-refractivity contribution is -0.118. The molecule has 1 amide bonds. The molecule has 4 nitrogen and oxygen atoms in total. The van der Waals surface area contributed by atoms with Gasteiger partial charge in [-0.1, -0.05) is 78.3 Å². The summed E-state index contributed by atoms with van der Waals surface area (Å²) in [5, 5.41) is 4.40. The number of aromatic amines is 1. The van der Waals surface area contributed by atoms with Crippen molar-refractivity contribution < 1.29 is 4.79 Å². The number of rotatable bonds is 8. The second-order valence-corrected chi connectivity index (χ2v) is 11.8. The van der Waals surface area contributed by atoms with Crippen molar-refractivity contribution in [3.05, 3.63) is 87.9 Å². The van der Waals surface area contributed by atoms with Crippen LogP contribution in [0, 0.1) is 12.8 Å². The van der Waals surface area contributed by atoms with Gasteiger partial charge < -0.3 is 15.2 Å². The second kappa shape index (κ2) is 11.9. The monoisotopic (exact) mass is 571 g/mol. The van der Waals surface area contributed by atoms with Crippen LogP contribution in [0.15, 0.2) is 71.2 Å². The summed E-state index contributed by atoms with van der Waals surface area (Å²) in [7, 11) is 0. The van der Waals surface area contributed by atoms with E-state index in [0.29, 0.717) is 5.92 Å². The summed E-state index contributed by atoms with van der Waals surface area (Å²) in [6.07, 6.45) is 4.52. The number of likely N-dealkylation sites (tertiary alicyclic amines) is 1. The first-order valence-electron chi connectivity index (χ1n) is 13.9. The van der Waals surface area contributed by atoms with Crippen molar-refractivity contribution in [3.63, 3.8) is 0 Å². The fourth-order valence-electron chi connectivity index (χ4n) is 5.70. The van der Waals surface area contributed by atoms with Crippen LogP contribution in [0.3, 0.4) is 0 Å². The van der Waals surface area contributed by atoms with Gasteiger partial charge in [-0.3, -0.25) is 4.79 Å². The average Bonchev–Trinajstić information content (AvgIpc) is 3.29. The van der Waals surface area contributed by atoms with Crippen molar-refractivity contribution in [1.29, 1.82) is 0 Å². The zero-order valence-electron chi connectivity index (χ0n) is 22.7. The molecule has 1 aromatic heterocycles. The van der Waals surface area contributed by atoms with Crippen LogP contribution in [0.2, 0.25) is 0 Å². The van der Waals surface area contributed by atoms with E-state index in [1.54, 1.807) is 0 Å². The molecule has 4 aromatic rings. The highest BCUT2D eigenvalue weighted by molar-refractivity contribution is 9.10. The van der Waals surface area contributed by atoms with E-state index in [-0.39, 0.29) is 11.8 Å². The van der Waals surface area contributed by atoms with E-state index < -0.39 is 0 Å². The van der Waals surface area contributed by atoms with Gasteiger partial charge in [0.25, 0.3) is 0 Å². The number of H-pyrrole nitrogens is 1. The van der Waals surface area contributed by atoms with E-state index in [1.165, 1.54) is 38.9 Å². The van der Waals surface area contributed by atoms with Gasteiger partial charge in [0.2, 0.25) is 5.91 Å². The number of carbonyl (C=O) groups excluding carboxylic acids is 1. The Labute approximate surface area is 235 Å². The molecule has 2 N–H and O–H groups in total. The Bertz CT molecular complexity index is 1420. The number of carbonyl (C=O) groups is 1. The van der Waals surface area contributed by atoms with Gasteiger partial charge in [0.15, 0.2) is 0 Å². The molecular weight excluding hydrogens is 534 g/mol. The maximum atomic E-state index is 12.1. The van der Waals surface area contributed by atoms with Crippen LogP contribution in [-0.4, -0.2) is 35.4 Å². The number of fused-ring (bicyclic) bond motifs is 1. The summed E-state index contributed by atoms with van der Waals surface area (Å²) in [5.74, 6) is 0.617. The third kappa shape index (κ3) is 5.89. The Morgan fingerprint density at radius 2 is 1.82 bits per heavy atom. The smallest absolute Gasteiger partial charge is 0.226 e. The first kappa shape index (κ1) is 26.7. The molecule has 0 saturated carbocycles. The number of aryl methyl sites for hydroxylation is 2. The summed E-state index contributed by atoms with van der Waals surface area (Å²) >= 11 is 3.77. The summed E-state index contributed by atoms with van der Waals surface area (Å²) < 4.78 is 1.13.